The molecule has 0 saturated carbocycles. The number of hydrogen-bond donors (Lipinski definition) is 0. The van der Waals surface area contributed by atoms with Gasteiger partial charge in [-0.05, 0) is 54.2 Å². The van der Waals surface area contributed by atoms with Crippen molar-refractivity contribution in [3.63, 3.8) is 0 Å². The van der Waals surface area contributed by atoms with Crippen molar-refractivity contribution in [3.8, 4) is 0 Å². The van der Waals surface area contributed by atoms with Crippen LogP contribution in [-0.4, -0.2) is 0 Å². The van der Waals surface area contributed by atoms with E-state index in [0.717, 1.165) is 0 Å². The summed E-state index contributed by atoms with van der Waals surface area (Å²) in [5.41, 5.74) is 6.99. The molecule has 0 atom stereocenters. The van der Waals surface area contributed by atoms with Crippen molar-refractivity contribution in [1.82, 2.24) is 0 Å². The molecule has 0 aliphatic heterocycles. The van der Waals surface area contributed by atoms with Gasteiger partial charge in [-0.15, -0.1) is 0 Å². The minimum absolute atomic E-state index is 0.446. The Morgan fingerprint density at radius 3 is 2.69 bits per heavy atom. The minimum atomic E-state index is 0.446. The van der Waals surface area contributed by atoms with Crippen molar-refractivity contribution in [2.75, 3.05) is 0 Å². The lowest BCUT2D eigenvalue weighted by atomic mass is 9.66. The Morgan fingerprint density at radius 2 is 1.81 bits per heavy atom. The summed E-state index contributed by atoms with van der Waals surface area (Å²) in [6.45, 7) is 4.85. The summed E-state index contributed by atoms with van der Waals surface area (Å²) in [5.74, 6) is 0. The molecule has 0 heteroatoms. The predicted octanol–water partition coefficient (Wildman–Crippen LogP) is 4.60. The van der Waals surface area contributed by atoms with Crippen LogP contribution in [0, 0.1) is 5.41 Å². The third kappa shape index (κ3) is 1.43. The van der Waals surface area contributed by atoms with Crippen LogP contribution in [-0.2, 0) is 6.42 Å². The van der Waals surface area contributed by atoms with Crippen LogP contribution in [0.4, 0.5) is 0 Å². The van der Waals surface area contributed by atoms with Gasteiger partial charge in [0.15, 0.2) is 0 Å². The monoisotopic (exact) mass is 212 g/mol. The maximum atomic E-state index is 2.43. The molecule has 0 N–H and O–H groups in total. The van der Waals surface area contributed by atoms with Crippen LogP contribution in [0.25, 0.3) is 5.57 Å². The minimum Gasteiger partial charge on any atom is -0.0620 e. The zero-order chi connectivity index (χ0) is 11.2. The fourth-order valence-electron chi connectivity index (χ4n) is 3.50. The zero-order valence-corrected chi connectivity index (χ0v) is 10.3. The number of hydrogen-bond acceptors (Lipinski definition) is 0. The van der Waals surface area contributed by atoms with E-state index < -0.39 is 0 Å². The van der Waals surface area contributed by atoms with Gasteiger partial charge >= 0.3 is 0 Å². The third-order valence-electron chi connectivity index (χ3n) is 4.40. The van der Waals surface area contributed by atoms with Crippen LogP contribution >= 0.6 is 0 Å². The SMILES string of the molecule is CC1(C)CCCC2=C1CCc1ccccc12. The summed E-state index contributed by atoms with van der Waals surface area (Å²) in [7, 11) is 0. The van der Waals surface area contributed by atoms with E-state index >= 15 is 0 Å². The number of rotatable bonds is 0. The highest BCUT2D eigenvalue weighted by molar-refractivity contribution is 5.74. The molecule has 0 saturated heterocycles. The maximum Gasteiger partial charge on any atom is -0.0138 e. The number of benzene rings is 1. The van der Waals surface area contributed by atoms with Gasteiger partial charge < -0.3 is 0 Å². The van der Waals surface area contributed by atoms with Gasteiger partial charge in [-0.3, -0.25) is 0 Å². The highest BCUT2D eigenvalue weighted by atomic mass is 14.4. The first kappa shape index (κ1) is 10.1. The van der Waals surface area contributed by atoms with Crippen molar-refractivity contribution >= 4 is 5.57 Å². The Hall–Kier alpha value is -1.04. The summed E-state index contributed by atoms with van der Waals surface area (Å²) in [6, 6.07) is 9.00. The first-order valence-electron chi connectivity index (χ1n) is 6.49. The van der Waals surface area contributed by atoms with Crippen molar-refractivity contribution in [2.45, 2.75) is 46.0 Å². The Morgan fingerprint density at radius 1 is 1.00 bits per heavy atom. The highest BCUT2D eigenvalue weighted by Crippen LogP contribution is 2.48. The smallest absolute Gasteiger partial charge is 0.0138 e. The van der Waals surface area contributed by atoms with Crippen LogP contribution in [0.15, 0.2) is 29.8 Å². The predicted molar refractivity (Wildman–Crippen MR) is 69.3 cm³/mol. The van der Waals surface area contributed by atoms with Crippen LogP contribution in [0.2, 0.25) is 0 Å². The maximum absolute atomic E-state index is 2.43. The van der Waals surface area contributed by atoms with Gasteiger partial charge in [-0.25, -0.2) is 0 Å². The molecular weight excluding hydrogens is 192 g/mol. The standard InChI is InChI=1S/C16H20/c1-16(2)11-5-8-14-13-7-4-3-6-12(13)9-10-15(14)16/h3-4,6-7H,5,8-11H2,1-2H3. The molecule has 0 spiro atoms. The summed E-state index contributed by atoms with van der Waals surface area (Å²) >= 11 is 0. The van der Waals surface area contributed by atoms with E-state index in [1.165, 1.54) is 32.1 Å². The Bertz CT molecular complexity index is 449. The van der Waals surface area contributed by atoms with E-state index in [9.17, 15) is 0 Å². The fourth-order valence-corrected chi connectivity index (χ4v) is 3.50. The zero-order valence-electron chi connectivity index (χ0n) is 10.3. The first-order valence-corrected chi connectivity index (χ1v) is 6.49. The molecule has 84 valence electrons. The molecule has 0 aromatic heterocycles. The average molecular weight is 212 g/mol. The Labute approximate surface area is 98.4 Å². The quantitative estimate of drug-likeness (QED) is 0.589. The van der Waals surface area contributed by atoms with E-state index in [1.807, 2.05) is 0 Å². The van der Waals surface area contributed by atoms with E-state index in [-0.39, 0.29) is 0 Å². The van der Waals surface area contributed by atoms with Gasteiger partial charge in [-0.2, -0.15) is 0 Å². The van der Waals surface area contributed by atoms with Gasteiger partial charge in [0.1, 0.15) is 0 Å². The largest absolute Gasteiger partial charge is 0.0620 e. The van der Waals surface area contributed by atoms with Crippen LogP contribution < -0.4 is 0 Å². The summed E-state index contributed by atoms with van der Waals surface area (Å²) in [5, 5.41) is 0. The van der Waals surface area contributed by atoms with Crippen molar-refractivity contribution < 1.29 is 0 Å². The van der Waals surface area contributed by atoms with E-state index in [0.29, 0.717) is 5.41 Å². The van der Waals surface area contributed by atoms with E-state index in [1.54, 1.807) is 22.3 Å². The lowest BCUT2D eigenvalue weighted by molar-refractivity contribution is 0.366. The molecule has 1 aromatic rings. The Balaban J connectivity index is 2.17. The molecule has 2 aliphatic rings. The van der Waals surface area contributed by atoms with E-state index in [2.05, 4.69) is 38.1 Å². The highest BCUT2D eigenvalue weighted by Gasteiger charge is 2.32. The van der Waals surface area contributed by atoms with Crippen LogP contribution in [0.3, 0.4) is 0 Å². The molecule has 1 aromatic carbocycles. The average Bonchev–Trinajstić information content (AvgIpc) is 2.28. The van der Waals surface area contributed by atoms with Crippen molar-refractivity contribution in [1.29, 1.82) is 0 Å². The molecule has 0 unspecified atom stereocenters. The lowest BCUT2D eigenvalue weighted by Crippen LogP contribution is -2.23. The van der Waals surface area contributed by atoms with Gasteiger partial charge in [-0.1, -0.05) is 43.7 Å². The fraction of sp³-hybridized carbons (Fsp3) is 0.500. The molecule has 0 fully saturated rings. The summed E-state index contributed by atoms with van der Waals surface area (Å²) in [6.07, 6.45) is 6.57. The van der Waals surface area contributed by atoms with Crippen molar-refractivity contribution in [2.24, 2.45) is 5.41 Å². The molecule has 3 rings (SSSR count). The topological polar surface area (TPSA) is 0 Å². The number of fused-ring (bicyclic) bond motifs is 2. The molecule has 0 heterocycles. The second-order valence-corrected chi connectivity index (χ2v) is 5.85. The van der Waals surface area contributed by atoms with Gasteiger partial charge in [0.2, 0.25) is 0 Å². The van der Waals surface area contributed by atoms with Gasteiger partial charge in [0, 0.05) is 0 Å². The normalized spacial score (nSPS) is 22.6. The molecule has 0 amide bonds. The second-order valence-electron chi connectivity index (χ2n) is 5.85. The molecule has 0 radical (unpaired) electrons. The number of aryl methyl sites for hydroxylation is 1. The molecule has 0 bridgehead atoms. The van der Waals surface area contributed by atoms with Crippen LogP contribution in [0.1, 0.15) is 50.7 Å². The molecular formula is C16H20. The number of allylic oxidation sites excluding steroid dienone is 2. The van der Waals surface area contributed by atoms with E-state index in [4.69, 9.17) is 0 Å². The molecule has 16 heavy (non-hydrogen) atoms. The first-order chi connectivity index (χ1) is 7.68. The molecule has 2 aliphatic carbocycles. The van der Waals surface area contributed by atoms with Crippen molar-refractivity contribution in [3.05, 3.63) is 41.0 Å². The van der Waals surface area contributed by atoms with Gasteiger partial charge in [0.25, 0.3) is 0 Å². The summed E-state index contributed by atoms with van der Waals surface area (Å²) < 4.78 is 0. The van der Waals surface area contributed by atoms with Gasteiger partial charge in [0.05, 0.1) is 0 Å². The summed E-state index contributed by atoms with van der Waals surface area (Å²) in [4.78, 5) is 0. The third-order valence-corrected chi connectivity index (χ3v) is 4.40. The van der Waals surface area contributed by atoms with Crippen LogP contribution in [0.5, 0.6) is 0 Å². The second kappa shape index (κ2) is 3.48. The molecule has 0 nitrogen and oxygen atoms in total. The Kier molecular flexibility index (Phi) is 2.20. The lowest BCUT2D eigenvalue weighted by Gasteiger charge is -2.38.